The number of ether oxygens (including phenoxy) is 2. The summed E-state index contributed by atoms with van der Waals surface area (Å²) >= 11 is 0. The van der Waals surface area contributed by atoms with Gasteiger partial charge in [-0.3, -0.25) is 9.09 Å². The lowest BCUT2D eigenvalue weighted by Gasteiger charge is -2.22. The Bertz CT molecular complexity index is 309. The Morgan fingerprint density at radius 2 is 2.06 bits per heavy atom. The summed E-state index contributed by atoms with van der Waals surface area (Å²) in [5.41, 5.74) is -0.532. The number of carbonyl (C=O) groups is 1. The molecule has 16 heavy (non-hydrogen) atoms. The fraction of sp³-hybridized carbons (Fsp3) is 0.889. The summed E-state index contributed by atoms with van der Waals surface area (Å²) in [4.78, 5) is 20.6. The summed E-state index contributed by atoms with van der Waals surface area (Å²) in [6.07, 6.45) is -0.0321. The summed E-state index contributed by atoms with van der Waals surface area (Å²) in [6.45, 7) is 4.98. The first-order chi connectivity index (χ1) is 7.31. The zero-order chi connectivity index (χ0) is 12.4. The average Bonchev–Trinajstić information content (AvgIpc) is 2.83. The maximum absolute atomic E-state index is 11.6. The summed E-state index contributed by atoms with van der Waals surface area (Å²) in [6, 6.07) is 0. The Labute approximate surface area is 94.4 Å². The number of carbonyl (C=O) groups excluding carboxylic acids is 1. The van der Waals surface area contributed by atoms with Crippen molar-refractivity contribution < 1.29 is 28.3 Å². The first kappa shape index (κ1) is 13.5. The van der Waals surface area contributed by atoms with Crippen LogP contribution >= 0.6 is 7.60 Å². The van der Waals surface area contributed by atoms with Crippen molar-refractivity contribution in [1.82, 2.24) is 0 Å². The highest BCUT2D eigenvalue weighted by Gasteiger charge is 2.54. The van der Waals surface area contributed by atoms with E-state index in [1.807, 2.05) is 0 Å². The molecule has 0 heterocycles. The van der Waals surface area contributed by atoms with Crippen LogP contribution in [0.2, 0.25) is 0 Å². The Hall–Kier alpha value is -0.580. The Balaban J connectivity index is 2.53. The van der Waals surface area contributed by atoms with Crippen molar-refractivity contribution in [3.8, 4) is 0 Å². The van der Waals surface area contributed by atoms with Gasteiger partial charge in [0.1, 0.15) is 0 Å². The summed E-state index contributed by atoms with van der Waals surface area (Å²) < 4.78 is 26.1. The second kappa shape index (κ2) is 4.73. The van der Waals surface area contributed by atoms with E-state index in [9.17, 15) is 14.3 Å². The molecule has 0 amide bonds. The predicted molar refractivity (Wildman–Crippen MR) is 56.1 cm³/mol. The quantitative estimate of drug-likeness (QED) is 0.459. The Kier molecular flexibility index (Phi) is 3.99. The highest BCUT2D eigenvalue weighted by atomic mass is 31.2. The Morgan fingerprint density at radius 3 is 2.44 bits per heavy atom. The van der Waals surface area contributed by atoms with Gasteiger partial charge in [0.2, 0.25) is 5.79 Å². The van der Waals surface area contributed by atoms with Crippen molar-refractivity contribution in [2.45, 2.75) is 45.1 Å². The molecular weight excluding hydrogens is 235 g/mol. The molecule has 0 spiro atoms. The maximum Gasteiger partial charge on any atom is 0.510 e. The lowest BCUT2D eigenvalue weighted by molar-refractivity contribution is -0.0884. The van der Waals surface area contributed by atoms with Crippen molar-refractivity contribution >= 4 is 13.8 Å². The van der Waals surface area contributed by atoms with E-state index in [0.717, 1.165) is 0 Å². The van der Waals surface area contributed by atoms with E-state index in [1.54, 1.807) is 20.8 Å². The number of hydrogen-bond acceptors (Lipinski definition) is 5. The first-order valence-electron chi connectivity index (χ1n) is 5.20. The minimum absolute atomic E-state index is 0.190. The molecule has 1 rings (SSSR count). The number of hydrogen-bond donors (Lipinski definition) is 1. The van der Waals surface area contributed by atoms with Crippen LogP contribution in [0.3, 0.4) is 0 Å². The molecule has 0 aromatic carbocycles. The van der Waals surface area contributed by atoms with Crippen LogP contribution in [0.5, 0.6) is 0 Å². The van der Waals surface area contributed by atoms with E-state index in [0.29, 0.717) is 12.8 Å². The van der Waals surface area contributed by atoms with Crippen molar-refractivity contribution in [3.05, 3.63) is 0 Å². The lowest BCUT2D eigenvalue weighted by Crippen LogP contribution is -2.24. The molecule has 7 heteroatoms. The molecule has 1 aliphatic rings. The molecule has 6 nitrogen and oxygen atoms in total. The molecule has 1 saturated carbocycles. The van der Waals surface area contributed by atoms with Gasteiger partial charge in [0.25, 0.3) is 0 Å². The third kappa shape index (κ3) is 3.47. The van der Waals surface area contributed by atoms with E-state index in [1.165, 1.54) is 0 Å². The van der Waals surface area contributed by atoms with Crippen molar-refractivity contribution in [3.63, 3.8) is 0 Å². The summed E-state index contributed by atoms with van der Waals surface area (Å²) in [5, 5.41) is 0. The van der Waals surface area contributed by atoms with E-state index in [2.05, 4.69) is 4.74 Å². The highest BCUT2D eigenvalue weighted by molar-refractivity contribution is 7.53. The van der Waals surface area contributed by atoms with Crippen molar-refractivity contribution in [1.29, 1.82) is 0 Å². The zero-order valence-corrected chi connectivity index (χ0v) is 10.5. The van der Waals surface area contributed by atoms with Crippen LogP contribution in [0.25, 0.3) is 0 Å². The monoisotopic (exact) mass is 252 g/mol. The van der Waals surface area contributed by atoms with Crippen LogP contribution in [0.1, 0.15) is 33.6 Å². The van der Waals surface area contributed by atoms with Crippen LogP contribution < -0.4 is 0 Å². The van der Waals surface area contributed by atoms with Gasteiger partial charge in [-0.1, -0.05) is 13.8 Å². The maximum atomic E-state index is 11.6. The first-order valence-corrected chi connectivity index (χ1v) is 6.85. The standard InChI is InChI=1S/C9H17O6P/c1-4-13-8(10)14-9(5-6-9)15-16(11,12)7(2)3/h7H,4-6H2,1-3H3,(H,11,12). The summed E-state index contributed by atoms with van der Waals surface area (Å²) in [5.74, 6) is -1.25. The molecule has 0 bridgehead atoms. The van der Waals surface area contributed by atoms with Crippen LogP contribution in [0.4, 0.5) is 4.79 Å². The van der Waals surface area contributed by atoms with Crippen LogP contribution in [0.15, 0.2) is 0 Å². The van der Waals surface area contributed by atoms with Crippen molar-refractivity contribution in [2.24, 2.45) is 0 Å². The van der Waals surface area contributed by atoms with Gasteiger partial charge in [-0.05, 0) is 6.92 Å². The molecule has 1 N–H and O–H groups in total. The van der Waals surface area contributed by atoms with E-state index in [4.69, 9.17) is 9.26 Å². The fourth-order valence-corrected chi connectivity index (χ4v) is 1.86. The molecule has 1 atom stereocenters. The van der Waals surface area contributed by atoms with Gasteiger partial charge in [0, 0.05) is 12.8 Å². The van der Waals surface area contributed by atoms with Gasteiger partial charge >= 0.3 is 13.8 Å². The normalized spacial score (nSPS) is 21.3. The smallest absolute Gasteiger partial charge is 0.435 e. The lowest BCUT2D eigenvalue weighted by atomic mass is 10.6. The third-order valence-electron chi connectivity index (χ3n) is 2.14. The second-order valence-electron chi connectivity index (χ2n) is 3.94. The fourth-order valence-electron chi connectivity index (χ4n) is 0.957. The van der Waals surface area contributed by atoms with Crippen LogP contribution in [-0.4, -0.2) is 29.1 Å². The van der Waals surface area contributed by atoms with E-state index >= 15 is 0 Å². The van der Waals surface area contributed by atoms with Crippen LogP contribution in [0, 0.1) is 0 Å². The zero-order valence-electron chi connectivity index (χ0n) is 9.63. The van der Waals surface area contributed by atoms with Gasteiger partial charge in [-0.15, -0.1) is 0 Å². The second-order valence-corrected chi connectivity index (χ2v) is 6.29. The minimum atomic E-state index is -3.73. The molecule has 0 aliphatic heterocycles. The Morgan fingerprint density at radius 1 is 1.50 bits per heavy atom. The summed E-state index contributed by atoms with van der Waals surface area (Å²) in [7, 11) is -3.73. The van der Waals surface area contributed by atoms with Crippen molar-refractivity contribution in [2.75, 3.05) is 6.61 Å². The van der Waals surface area contributed by atoms with E-state index in [-0.39, 0.29) is 6.61 Å². The molecular formula is C9H17O6P. The predicted octanol–water partition coefficient (Wildman–Crippen LogP) is 2.26. The average molecular weight is 252 g/mol. The third-order valence-corrected chi connectivity index (χ3v) is 4.04. The SMILES string of the molecule is CCOC(=O)OC1(OP(=O)(O)C(C)C)CC1. The molecule has 0 aromatic heterocycles. The molecule has 1 unspecified atom stereocenters. The molecule has 1 fully saturated rings. The van der Waals surface area contributed by atoms with Crippen LogP contribution in [-0.2, 0) is 18.6 Å². The highest BCUT2D eigenvalue weighted by Crippen LogP contribution is 2.57. The number of rotatable bonds is 5. The van der Waals surface area contributed by atoms with Gasteiger partial charge in [0.15, 0.2) is 0 Å². The van der Waals surface area contributed by atoms with Gasteiger partial charge < -0.3 is 14.4 Å². The van der Waals surface area contributed by atoms with Gasteiger partial charge in [-0.25, -0.2) is 4.79 Å². The molecule has 0 aromatic rings. The topological polar surface area (TPSA) is 82.1 Å². The minimum Gasteiger partial charge on any atom is -0.435 e. The van der Waals surface area contributed by atoms with E-state index < -0.39 is 25.2 Å². The van der Waals surface area contributed by atoms with Gasteiger partial charge in [0.05, 0.1) is 12.3 Å². The molecule has 1 aliphatic carbocycles. The molecule has 94 valence electrons. The largest absolute Gasteiger partial charge is 0.510 e. The molecule has 0 radical (unpaired) electrons. The molecule has 0 saturated heterocycles. The van der Waals surface area contributed by atoms with Gasteiger partial charge in [-0.2, -0.15) is 0 Å².